The van der Waals surface area contributed by atoms with E-state index in [1.165, 1.54) is 6.07 Å². The number of fused-ring (bicyclic) bond motifs is 1. The minimum atomic E-state index is -3.85. The molecule has 31 heavy (non-hydrogen) atoms. The van der Waals surface area contributed by atoms with Gasteiger partial charge in [-0.1, -0.05) is 54.6 Å². The van der Waals surface area contributed by atoms with E-state index in [2.05, 4.69) is 10.0 Å². The van der Waals surface area contributed by atoms with E-state index in [0.29, 0.717) is 16.9 Å². The number of hydrogen-bond acceptors (Lipinski definition) is 3. The molecule has 1 amide bonds. The van der Waals surface area contributed by atoms with Crippen molar-refractivity contribution in [1.29, 1.82) is 0 Å². The second-order valence-corrected chi connectivity index (χ2v) is 9.09. The number of sulfonamides is 1. The molecule has 2 N–H and O–H groups in total. The van der Waals surface area contributed by atoms with Crippen LogP contribution in [-0.4, -0.2) is 14.3 Å². The topological polar surface area (TPSA) is 75.3 Å². The molecule has 0 spiro atoms. The molecule has 5 nitrogen and oxygen atoms in total. The largest absolute Gasteiger partial charge is 0.321 e. The highest BCUT2D eigenvalue weighted by Crippen LogP contribution is 2.25. The molecule has 4 aromatic rings. The second-order valence-electron chi connectivity index (χ2n) is 7.44. The Labute approximate surface area is 181 Å². The SMILES string of the molecule is Cc1cccc(NS(=O)(=O)c2cc(C(=O)Nc3cccc4ccccc34)ccc2C)c1. The van der Waals surface area contributed by atoms with Crippen molar-refractivity contribution in [1.82, 2.24) is 0 Å². The van der Waals surface area contributed by atoms with Crippen LogP contribution in [0, 0.1) is 13.8 Å². The molecule has 0 atom stereocenters. The molecule has 0 bridgehead atoms. The van der Waals surface area contributed by atoms with Gasteiger partial charge in [0.05, 0.1) is 4.90 Å². The maximum absolute atomic E-state index is 13.0. The van der Waals surface area contributed by atoms with E-state index in [4.69, 9.17) is 0 Å². The molecule has 0 saturated carbocycles. The number of carbonyl (C=O) groups is 1. The van der Waals surface area contributed by atoms with Crippen molar-refractivity contribution < 1.29 is 13.2 Å². The van der Waals surface area contributed by atoms with Gasteiger partial charge in [0, 0.05) is 22.3 Å². The fraction of sp³-hybridized carbons (Fsp3) is 0.0800. The fourth-order valence-electron chi connectivity index (χ4n) is 3.48. The average molecular weight is 431 g/mol. The smallest absolute Gasteiger partial charge is 0.262 e. The molecule has 0 heterocycles. The van der Waals surface area contributed by atoms with Gasteiger partial charge in [-0.3, -0.25) is 9.52 Å². The molecular formula is C25H22N2O3S. The van der Waals surface area contributed by atoms with Crippen LogP contribution in [0.5, 0.6) is 0 Å². The molecule has 4 aromatic carbocycles. The molecule has 0 aliphatic rings. The maximum Gasteiger partial charge on any atom is 0.262 e. The van der Waals surface area contributed by atoms with Gasteiger partial charge in [-0.2, -0.15) is 0 Å². The summed E-state index contributed by atoms with van der Waals surface area (Å²) in [7, 11) is -3.85. The van der Waals surface area contributed by atoms with E-state index in [9.17, 15) is 13.2 Å². The predicted molar refractivity (Wildman–Crippen MR) is 125 cm³/mol. The quantitative estimate of drug-likeness (QED) is 0.438. The Hall–Kier alpha value is -3.64. The van der Waals surface area contributed by atoms with Crippen molar-refractivity contribution >= 4 is 38.1 Å². The van der Waals surface area contributed by atoms with E-state index in [-0.39, 0.29) is 16.4 Å². The highest BCUT2D eigenvalue weighted by atomic mass is 32.2. The lowest BCUT2D eigenvalue weighted by atomic mass is 10.1. The summed E-state index contributed by atoms with van der Waals surface area (Å²) in [5, 5.41) is 4.83. The van der Waals surface area contributed by atoms with Crippen LogP contribution in [0.1, 0.15) is 21.5 Å². The molecule has 0 fully saturated rings. The molecule has 6 heteroatoms. The second kappa shape index (κ2) is 8.24. The van der Waals surface area contributed by atoms with E-state index < -0.39 is 10.0 Å². The Morgan fingerprint density at radius 3 is 2.35 bits per heavy atom. The summed E-state index contributed by atoms with van der Waals surface area (Å²) in [6, 6.07) is 25.2. The van der Waals surface area contributed by atoms with Crippen molar-refractivity contribution in [2.45, 2.75) is 18.7 Å². The highest BCUT2D eigenvalue weighted by Gasteiger charge is 2.20. The van der Waals surface area contributed by atoms with Gasteiger partial charge in [0.25, 0.3) is 15.9 Å². The van der Waals surface area contributed by atoms with Gasteiger partial charge in [0.15, 0.2) is 0 Å². The van der Waals surface area contributed by atoms with Gasteiger partial charge in [0.2, 0.25) is 0 Å². The summed E-state index contributed by atoms with van der Waals surface area (Å²) >= 11 is 0. The van der Waals surface area contributed by atoms with Crippen LogP contribution < -0.4 is 10.0 Å². The van der Waals surface area contributed by atoms with Crippen LogP contribution in [-0.2, 0) is 10.0 Å². The summed E-state index contributed by atoms with van der Waals surface area (Å²) in [6.45, 7) is 3.60. The number of rotatable bonds is 5. The number of aryl methyl sites for hydroxylation is 2. The van der Waals surface area contributed by atoms with E-state index in [1.807, 2.05) is 55.5 Å². The summed E-state index contributed by atoms with van der Waals surface area (Å²) in [6.07, 6.45) is 0. The summed E-state index contributed by atoms with van der Waals surface area (Å²) in [5.41, 5.74) is 2.92. The number of anilines is 2. The van der Waals surface area contributed by atoms with Gasteiger partial charge >= 0.3 is 0 Å². The van der Waals surface area contributed by atoms with Crippen LogP contribution in [0.4, 0.5) is 11.4 Å². The minimum absolute atomic E-state index is 0.0691. The van der Waals surface area contributed by atoms with Crippen LogP contribution >= 0.6 is 0 Å². The maximum atomic E-state index is 13.0. The Bertz CT molecular complexity index is 1390. The van der Waals surface area contributed by atoms with E-state index in [1.54, 1.807) is 37.3 Å². The number of amides is 1. The Balaban J connectivity index is 1.64. The first kappa shape index (κ1) is 20.6. The van der Waals surface area contributed by atoms with Gasteiger partial charge in [-0.05, 0) is 60.7 Å². The van der Waals surface area contributed by atoms with Gasteiger partial charge in [-0.25, -0.2) is 8.42 Å². The van der Waals surface area contributed by atoms with Crippen LogP contribution in [0.2, 0.25) is 0 Å². The summed E-state index contributed by atoms with van der Waals surface area (Å²) in [4.78, 5) is 13.0. The zero-order chi connectivity index (χ0) is 22.0. The number of nitrogens with one attached hydrogen (secondary N) is 2. The zero-order valence-electron chi connectivity index (χ0n) is 17.2. The molecule has 0 radical (unpaired) electrons. The molecule has 156 valence electrons. The monoisotopic (exact) mass is 430 g/mol. The fourth-order valence-corrected chi connectivity index (χ4v) is 4.80. The summed E-state index contributed by atoms with van der Waals surface area (Å²) < 4.78 is 28.6. The van der Waals surface area contributed by atoms with E-state index >= 15 is 0 Å². The molecule has 0 unspecified atom stereocenters. The van der Waals surface area contributed by atoms with Crippen molar-refractivity contribution in [3.05, 3.63) is 102 Å². The molecule has 0 saturated heterocycles. The number of hydrogen-bond donors (Lipinski definition) is 2. The number of carbonyl (C=O) groups excluding carboxylic acids is 1. The molecular weight excluding hydrogens is 408 g/mol. The van der Waals surface area contributed by atoms with Crippen molar-refractivity contribution in [3.8, 4) is 0 Å². The molecule has 0 aromatic heterocycles. The minimum Gasteiger partial charge on any atom is -0.321 e. The van der Waals surface area contributed by atoms with E-state index in [0.717, 1.165) is 16.3 Å². The lowest BCUT2D eigenvalue weighted by Gasteiger charge is -2.13. The third kappa shape index (κ3) is 4.44. The van der Waals surface area contributed by atoms with Crippen LogP contribution in [0.3, 0.4) is 0 Å². The van der Waals surface area contributed by atoms with Crippen molar-refractivity contribution in [2.75, 3.05) is 10.0 Å². The molecule has 0 aliphatic heterocycles. The first-order valence-corrected chi connectivity index (χ1v) is 11.3. The van der Waals surface area contributed by atoms with Crippen LogP contribution in [0.25, 0.3) is 10.8 Å². The lowest BCUT2D eigenvalue weighted by molar-refractivity contribution is 0.102. The highest BCUT2D eigenvalue weighted by molar-refractivity contribution is 7.92. The van der Waals surface area contributed by atoms with Gasteiger partial charge in [0.1, 0.15) is 0 Å². The Kier molecular flexibility index (Phi) is 5.48. The predicted octanol–water partition coefficient (Wildman–Crippen LogP) is 5.51. The van der Waals surface area contributed by atoms with Gasteiger partial charge in [-0.15, -0.1) is 0 Å². The average Bonchev–Trinajstić information content (AvgIpc) is 2.74. The van der Waals surface area contributed by atoms with Crippen LogP contribution in [0.15, 0.2) is 89.8 Å². The normalized spacial score (nSPS) is 11.3. The first-order chi connectivity index (χ1) is 14.8. The van der Waals surface area contributed by atoms with Gasteiger partial charge < -0.3 is 5.32 Å². The summed E-state index contributed by atoms with van der Waals surface area (Å²) in [5.74, 6) is -0.372. The Morgan fingerprint density at radius 1 is 0.806 bits per heavy atom. The molecule has 0 aliphatic carbocycles. The Morgan fingerprint density at radius 2 is 1.55 bits per heavy atom. The first-order valence-electron chi connectivity index (χ1n) is 9.83. The molecule has 4 rings (SSSR count). The van der Waals surface area contributed by atoms with Crippen molar-refractivity contribution in [3.63, 3.8) is 0 Å². The number of benzene rings is 4. The standard InChI is InChI=1S/C25H22N2O3S/c1-17-7-5-10-21(15-17)27-31(29,30)24-16-20(14-13-18(24)2)25(28)26-23-12-6-9-19-8-3-4-11-22(19)23/h3-16,27H,1-2H3,(H,26,28). The van der Waals surface area contributed by atoms with Crippen molar-refractivity contribution in [2.24, 2.45) is 0 Å². The lowest BCUT2D eigenvalue weighted by Crippen LogP contribution is -2.17. The zero-order valence-corrected chi connectivity index (χ0v) is 18.0. The third-order valence-electron chi connectivity index (χ3n) is 5.05. The third-order valence-corrected chi connectivity index (χ3v) is 6.57.